The Labute approximate surface area is 107 Å². The van der Waals surface area contributed by atoms with Crippen LogP contribution in [0, 0.1) is 0 Å². The summed E-state index contributed by atoms with van der Waals surface area (Å²) in [5, 5.41) is 0.652. The van der Waals surface area contributed by atoms with Gasteiger partial charge in [0.05, 0.1) is 7.11 Å². The molecule has 8 heteroatoms. The van der Waals surface area contributed by atoms with Gasteiger partial charge < -0.3 is 10.5 Å². The van der Waals surface area contributed by atoms with Crippen molar-refractivity contribution >= 4 is 29.1 Å². The molecule has 0 fully saturated rings. The van der Waals surface area contributed by atoms with E-state index in [4.69, 9.17) is 10.5 Å². The van der Waals surface area contributed by atoms with E-state index in [1.165, 1.54) is 36.7 Å². The van der Waals surface area contributed by atoms with E-state index in [-0.39, 0.29) is 0 Å². The lowest BCUT2D eigenvalue weighted by Crippen LogP contribution is -1.98. The fraction of sp³-hybridized carbons (Fsp3) is 0.333. The Morgan fingerprint density at radius 1 is 1.47 bits per heavy atom. The Kier molecular flexibility index (Phi) is 3.75. The maximum atomic E-state index is 5.69. The summed E-state index contributed by atoms with van der Waals surface area (Å²) in [6.45, 7) is 2.01. The van der Waals surface area contributed by atoms with Crippen LogP contribution in [0.25, 0.3) is 0 Å². The summed E-state index contributed by atoms with van der Waals surface area (Å²) >= 11 is 2.72. The Balaban J connectivity index is 2.26. The molecule has 0 aliphatic heterocycles. The SMILES string of the molecule is CCc1nsc(Sc2ncnc(N)c2OC)n1. The molecule has 2 rings (SSSR count). The number of ether oxygens (including phenoxy) is 1. The summed E-state index contributed by atoms with van der Waals surface area (Å²) in [5.74, 6) is 1.63. The van der Waals surface area contributed by atoms with Gasteiger partial charge in [-0.2, -0.15) is 4.37 Å². The summed E-state index contributed by atoms with van der Waals surface area (Å²) in [5.41, 5.74) is 5.69. The predicted molar refractivity (Wildman–Crippen MR) is 66.4 cm³/mol. The third-order valence-electron chi connectivity index (χ3n) is 1.95. The van der Waals surface area contributed by atoms with E-state index in [1.54, 1.807) is 0 Å². The van der Waals surface area contributed by atoms with Crippen molar-refractivity contribution in [3.8, 4) is 5.75 Å². The molecular weight excluding hydrogens is 258 g/mol. The van der Waals surface area contributed by atoms with Gasteiger partial charge in [0.2, 0.25) is 0 Å². The molecule has 0 spiro atoms. The van der Waals surface area contributed by atoms with Gasteiger partial charge in [-0.25, -0.2) is 15.0 Å². The summed E-state index contributed by atoms with van der Waals surface area (Å²) in [7, 11) is 1.54. The standard InChI is InChI=1S/C9H11N5OS2/c1-3-5-13-9(17-14-5)16-8-6(15-2)7(10)11-4-12-8/h4H,3H2,1-2H3,(H2,10,11,12). The first kappa shape index (κ1) is 12.1. The zero-order valence-electron chi connectivity index (χ0n) is 9.38. The van der Waals surface area contributed by atoms with E-state index < -0.39 is 0 Å². The lowest BCUT2D eigenvalue weighted by molar-refractivity contribution is 0.401. The molecule has 17 heavy (non-hydrogen) atoms. The zero-order chi connectivity index (χ0) is 12.3. The van der Waals surface area contributed by atoms with Crippen LogP contribution >= 0.6 is 23.3 Å². The number of aromatic nitrogens is 4. The molecule has 0 aliphatic rings. The molecule has 2 N–H and O–H groups in total. The van der Waals surface area contributed by atoms with Crippen molar-refractivity contribution in [2.75, 3.05) is 12.8 Å². The van der Waals surface area contributed by atoms with Crippen LogP contribution in [0.2, 0.25) is 0 Å². The molecular formula is C9H11N5OS2. The van der Waals surface area contributed by atoms with Crippen LogP contribution in [0.4, 0.5) is 5.82 Å². The molecule has 6 nitrogen and oxygen atoms in total. The number of hydrogen-bond acceptors (Lipinski definition) is 8. The number of rotatable bonds is 4. The van der Waals surface area contributed by atoms with Gasteiger partial charge in [-0.3, -0.25) is 0 Å². The highest BCUT2D eigenvalue weighted by Gasteiger charge is 2.13. The molecule has 0 saturated heterocycles. The maximum absolute atomic E-state index is 5.69. The summed E-state index contributed by atoms with van der Waals surface area (Å²) in [6.07, 6.45) is 2.22. The van der Waals surface area contributed by atoms with Crippen LogP contribution in [-0.4, -0.2) is 26.4 Å². The number of anilines is 1. The van der Waals surface area contributed by atoms with Gasteiger partial charge >= 0.3 is 0 Å². The number of aryl methyl sites for hydroxylation is 1. The van der Waals surface area contributed by atoms with Gasteiger partial charge in [0.15, 0.2) is 20.9 Å². The molecule has 2 aromatic heterocycles. The molecule has 0 saturated carbocycles. The minimum absolute atomic E-state index is 0.324. The average molecular weight is 269 g/mol. The number of methoxy groups -OCH3 is 1. The van der Waals surface area contributed by atoms with Crippen molar-refractivity contribution in [2.45, 2.75) is 22.7 Å². The average Bonchev–Trinajstić information content (AvgIpc) is 2.77. The van der Waals surface area contributed by atoms with Crippen molar-refractivity contribution in [1.29, 1.82) is 0 Å². The van der Waals surface area contributed by atoms with Crippen molar-refractivity contribution in [3.63, 3.8) is 0 Å². The minimum atomic E-state index is 0.324. The Morgan fingerprint density at radius 2 is 2.29 bits per heavy atom. The van der Waals surface area contributed by atoms with E-state index in [0.717, 1.165) is 16.6 Å². The second kappa shape index (κ2) is 5.28. The quantitative estimate of drug-likeness (QED) is 0.844. The molecule has 0 unspecified atom stereocenters. The molecule has 2 aromatic rings. The molecule has 0 aliphatic carbocycles. The first-order valence-electron chi connectivity index (χ1n) is 4.89. The second-order valence-corrected chi connectivity index (χ2v) is 5.02. The second-order valence-electron chi connectivity index (χ2n) is 3.03. The fourth-order valence-electron chi connectivity index (χ4n) is 1.14. The number of nitrogens with two attached hydrogens (primary N) is 1. The topological polar surface area (TPSA) is 86.8 Å². The van der Waals surface area contributed by atoms with Crippen LogP contribution in [0.15, 0.2) is 15.7 Å². The Bertz CT molecular complexity index is 516. The largest absolute Gasteiger partial charge is 0.490 e. The van der Waals surface area contributed by atoms with Crippen LogP contribution in [0.5, 0.6) is 5.75 Å². The fourth-order valence-corrected chi connectivity index (χ4v) is 2.83. The summed E-state index contributed by atoms with van der Waals surface area (Å²) in [4.78, 5) is 12.3. The van der Waals surface area contributed by atoms with E-state index in [9.17, 15) is 0 Å². The maximum Gasteiger partial charge on any atom is 0.193 e. The normalized spacial score (nSPS) is 10.5. The van der Waals surface area contributed by atoms with Crippen LogP contribution in [0.3, 0.4) is 0 Å². The molecule has 90 valence electrons. The molecule has 0 bridgehead atoms. The zero-order valence-corrected chi connectivity index (χ0v) is 11.0. The highest BCUT2D eigenvalue weighted by Crippen LogP contribution is 2.35. The Hall–Kier alpha value is -1.41. The number of hydrogen-bond donors (Lipinski definition) is 1. The predicted octanol–water partition coefficient (Wildman–Crippen LogP) is 1.63. The smallest absolute Gasteiger partial charge is 0.193 e. The molecule has 2 heterocycles. The molecule has 0 atom stereocenters. The van der Waals surface area contributed by atoms with Gasteiger partial charge in [-0.1, -0.05) is 6.92 Å². The first-order valence-corrected chi connectivity index (χ1v) is 6.48. The van der Waals surface area contributed by atoms with E-state index in [2.05, 4.69) is 19.3 Å². The van der Waals surface area contributed by atoms with E-state index >= 15 is 0 Å². The third kappa shape index (κ3) is 2.64. The molecule has 0 amide bonds. The van der Waals surface area contributed by atoms with Crippen LogP contribution in [-0.2, 0) is 6.42 Å². The minimum Gasteiger partial charge on any atom is -0.490 e. The molecule has 0 radical (unpaired) electrons. The lowest BCUT2D eigenvalue weighted by Gasteiger charge is -2.06. The van der Waals surface area contributed by atoms with Crippen molar-refractivity contribution in [3.05, 3.63) is 12.2 Å². The van der Waals surface area contributed by atoms with Crippen molar-refractivity contribution in [1.82, 2.24) is 19.3 Å². The number of nitrogens with zero attached hydrogens (tertiary/aromatic N) is 4. The summed E-state index contributed by atoms with van der Waals surface area (Å²) in [6, 6.07) is 0. The van der Waals surface area contributed by atoms with Gasteiger partial charge in [-0.15, -0.1) is 0 Å². The molecule has 0 aromatic carbocycles. The van der Waals surface area contributed by atoms with Crippen molar-refractivity contribution in [2.24, 2.45) is 0 Å². The van der Waals surface area contributed by atoms with Gasteiger partial charge in [0, 0.05) is 6.42 Å². The summed E-state index contributed by atoms with van der Waals surface area (Å²) < 4.78 is 10.2. The van der Waals surface area contributed by atoms with Crippen LogP contribution in [0.1, 0.15) is 12.7 Å². The van der Waals surface area contributed by atoms with Crippen molar-refractivity contribution < 1.29 is 4.74 Å². The number of nitrogen functional groups attached to an aromatic ring is 1. The third-order valence-corrected chi connectivity index (χ3v) is 3.73. The Morgan fingerprint density at radius 3 is 2.94 bits per heavy atom. The highest BCUT2D eigenvalue weighted by molar-refractivity contribution is 8.01. The van der Waals surface area contributed by atoms with Crippen LogP contribution < -0.4 is 10.5 Å². The van der Waals surface area contributed by atoms with E-state index in [1.807, 2.05) is 6.92 Å². The monoisotopic (exact) mass is 269 g/mol. The van der Waals surface area contributed by atoms with Gasteiger partial charge in [0.25, 0.3) is 0 Å². The lowest BCUT2D eigenvalue weighted by atomic mass is 10.5. The van der Waals surface area contributed by atoms with Gasteiger partial charge in [-0.05, 0) is 23.3 Å². The van der Waals surface area contributed by atoms with E-state index in [0.29, 0.717) is 16.6 Å². The van der Waals surface area contributed by atoms with Gasteiger partial charge in [0.1, 0.15) is 12.2 Å². The first-order chi connectivity index (χ1) is 8.24. The highest BCUT2D eigenvalue weighted by atomic mass is 32.2.